The molecule has 0 aromatic heterocycles. The lowest BCUT2D eigenvalue weighted by atomic mass is 10.1. The summed E-state index contributed by atoms with van der Waals surface area (Å²) in [7, 11) is 0. The van der Waals surface area contributed by atoms with Crippen LogP contribution in [0.3, 0.4) is 0 Å². The SMILES string of the molecule is NCCCCC(NC(=O)CCCCCCC(=O)O)C(=O)O. The van der Waals surface area contributed by atoms with Crippen LogP contribution in [0.2, 0.25) is 0 Å². The molecule has 0 aliphatic heterocycles. The summed E-state index contributed by atoms with van der Waals surface area (Å²) in [6.45, 7) is 0.511. The van der Waals surface area contributed by atoms with E-state index >= 15 is 0 Å². The first kappa shape index (κ1) is 19.4. The Bertz CT molecular complexity index is 333. The Morgan fingerprint density at radius 1 is 0.905 bits per heavy atom. The Labute approximate surface area is 124 Å². The third kappa shape index (κ3) is 11.9. The van der Waals surface area contributed by atoms with Crippen LogP contribution in [0.25, 0.3) is 0 Å². The first-order valence-electron chi connectivity index (χ1n) is 7.41. The zero-order valence-corrected chi connectivity index (χ0v) is 12.3. The molecule has 0 bridgehead atoms. The van der Waals surface area contributed by atoms with Crippen LogP contribution in [-0.2, 0) is 14.4 Å². The van der Waals surface area contributed by atoms with Crippen LogP contribution < -0.4 is 11.1 Å². The minimum atomic E-state index is -1.03. The van der Waals surface area contributed by atoms with Crippen molar-refractivity contribution in [2.75, 3.05) is 6.54 Å². The number of carbonyl (C=O) groups is 3. The van der Waals surface area contributed by atoms with Crippen LogP contribution in [0.4, 0.5) is 0 Å². The predicted octanol–water partition coefficient (Wildman–Crippen LogP) is 1.11. The number of aliphatic carboxylic acids is 2. The molecule has 0 fully saturated rings. The molecule has 0 aromatic rings. The van der Waals surface area contributed by atoms with Gasteiger partial charge >= 0.3 is 11.9 Å². The fraction of sp³-hybridized carbons (Fsp3) is 0.786. The van der Waals surface area contributed by atoms with Crippen LogP contribution in [0.1, 0.15) is 57.8 Å². The summed E-state index contributed by atoms with van der Waals surface area (Å²) in [5.74, 6) is -2.11. The van der Waals surface area contributed by atoms with E-state index in [1.165, 1.54) is 0 Å². The van der Waals surface area contributed by atoms with Gasteiger partial charge in [0.1, 0.15) is 6.04 Å². The molecule has 0 spiro atoms. The summed E-state index contributed by atoms with van der Waals surface area (Å²) in [4.78, 5) is 33.0. The van der Waals surface area contributed by atoms with Crippen molar-refractivity contribution < 1.29 is 24.6 Å². The fourth-order valence-electron chi connectivity index (χ4n) is 1.93. The summed E-state index contributed by atoms with van der Waals surface area (Å²) < 4.78 is 0. The standard InChI is InChI=1S/C14H26N2O5/c15-10-6-5-7-11(14(20)21)16-12(17)8-3-1-2-4-9-13(18)19/h11H,1-10,15H2,(H,16,17)(H,18,19)(H,20,21). The van der Waals surface area contributed by atoms with Gasteiger partial charge in [-0.1, -0.05) is 12.8 Å². The maximum absolute atomic E-state index is 11.6. The number of hydrogen-bond donors (Lipinski definition) is 4. The lowest BCUT2D eigenvalue weighted by molar-refractivity contribution is -0.142. The average molecular weight is 302 g/mol. The van der Waals surface area contributed by atoms with Gasteiger partial charge in [0.15, 0.2) is 0 Å². The van der Waals surface area contributed by atoms with Crippen LogP contribution in [-0.4, -0.2) is 40.6 Å². The van der Waals surface area contributed by atoms with Crippen LogP contribution in [0, 0.1) is 0 Å². The van der Waals surface area contributed by atoms with Gasteiger partial charge in [-0.25, -0.2) is 4.79 Å². The van der Waals surface area contributed by atoms with Gasteiger partial charge in [0, 0.05) is 12.8 Å². The van der Waals surface area contributed by atoms with E-state index in [1.54, 1.807) is 0 Å². The van der Waals surface area contributed by atoms with E-state index in [2.05, 4.69) is 5.32 Å². The van der Waals surface area contributed by atoms with Crippen LogP contribution in [0.15, 0.2) is 0 Å². The van der Waals surface area contributed by atoms with E-state index in [0.29, 0.717) is 32.2 Å². The number of rotatable bonds is 13. The molecule has 21 heavy (non-hydrogen) atoms. The maximum atomic E-state index is 11.6. The van der Waals surface area contributed by atoms with Crippen molar-refractivity contribution in [3.8, 4) is 0 Å². The maximum Gasteiger partial charge on any atom is 0.326 e. The monoisotopic (exact) mass is 302 g/mol. The van der Waals surface area contributed by atoms with E-state index in [-0.39, 0.29) is 18.7 Å². The molecule has 0 saturated heterocycles. The third-order valence-electron chi connectivity index (χ3n) is 3.12. The molecular weight excluding hydrogens is 276 g/mol. The van der Waals surface area contributed by atoms with E-state index in [0.717, 1.165) is 19.3 Å². The van der Waals surface area contributed by atoms with Gasteiger partial charge in [-0.05, 0) is 38.6 Å². The van der Waals surface area contributed by atoms with Gasteiger partial charge in [-0.3, -0.25) is 9.59 Å². The lowest BCUT2D eigenvalue weighted by Gasteiger charge is -2.14. The molecule has 1 unspecified atom stereocenters. The summed E-state index contributed by atoms with van der Waals surface area (Å²) in [6, 6.07) is -0.851. The second-order valence-electron chi connectivity index (χ2n) is 5.05. The molecule has 122 valence electrons. The van der Waals surface area contributed by atoms with Crippen molar-refractivity contribution in [1.29, 1.82) is 0 Å². The van der Waals surface area contributed by atoms with Gasteiger partial charge in [0.25, 0.3) is 0 Å². The first-order valence-corrected chi connectivity index (χ1v) is 7.41. The molecule has 0 heterocycles. The Hall–Kier alpha value is -1.63. The Morgan fingerprint density at radius 2 is 1.52 bits per heavy atom. The zero-order chi connectivity index (χ0) is 16.1. The fourth-order valence-corrected chi connectivity index (χ4v) is 1.93. The predicted molar refractivity (Wildman–Crippen MR) is 77.8 cm³/mol. The van der Waals surface area contributed by atoms with Gasteiger partial charge in [-0.2, -0.15) is 0 Å². The molecular formula is C14H26N2O5. The van der Waals surface area contributed by atoms with E-state index < -0.39 is 18.0 Å². The van der Waals surface area contributed by atoms with Gasteiger partial charge in [0.05, 0.1) is 0 Å². The summed E-state index contributed by atoms with van der Waals surface area (Å²) in [5.41, 5.74) is 5.34. The first-order chi connectivity index (χ1) is 9.97. The van der Waals surface area contributed by atoms with Gasteiger partial charge in [-0.15, -0.1) is 0 Å². The molecule has 5 N–H and O–H groups in total. The van der Waals surface area contributed by atoms with Crippen molar-refractivity contribution in [3.63, 3.8) is 0 Å². The van der Waals surface area contributed by atoms with E-state index in [9.17, 15) is 14.4 Å². The number of carbonyl (C=O) groups excluding carboxylic acids is 1. The van der Waals surface area contributed by atoms with Crippen LogP contribution >= 0.6 is 0 Å². The Morgan fingerprint density at radius 3 is 2.05 bits per heavy atom. The summed E-state index contributed by atoms with van der Waals surface area (Å²) >= 11 is 0. The lowest BCUT2D eigenvalue weighted by Crippen LogP contribution is -2.40. The molecule has 1 amide bonds. The molecule has 7 heteroatoms. The Kier molecular flexibility index (Phi) is 11.2. The number of hydrogen-bond acceptors (Lipinski definition) is 4. The van der Waals surface area contributed by atoms with Gasteiger partial charge < -0.3 is 21.3 Å². The number of nitrogens with two attached hydrogens (primary N) is 1. The minimum Gasteiger partial charge on any atom is -0.481 e. The molecule has 0 aromatic carbocycles. The molecule has 0 rings (SSSR count). The second kappa shape index (κ2) is 12.1. The summed E-state index contributed by atoms with van der Waals surface area (Å²) in [6.07, 6.45) is 4.99. The molecule has 0 aliphatic rings. The normalized spacial score (nSPS) is 11.9. The zero-order valence-electron chi connectivity index (χ0n) is 12.3. The molecule has 0 radical (unpaired) electrons. The molecule has 0 aliphatic carbocycles. The summed E-state index contributed by atoms with van der Waals surface area (Å²) in [5, 5.41) is 20.0. The molecule has 0 saturated carbocycles. The average Bonchev–Trinajstić information content (AvgIpc) is 2.41. The van der Waals surface area contributed by atoms with Crippen molar-refractivity contribution in [2.45, 2.75) is 63.8 Å². The van der Waals surface area contributed by atoms with E-state index in [1.807, 2.05) is 0 Å². The second-order valence-corrected chi connectivity index (χ2v) is 5.05. The number of carboxylic acid groups (broad SMARTS) is 2. The number of amides is 1. The molecule has 7 nitrogen and oxygen atoms in total. The van der Waals surface area contributed by atoms with Crippen molar-refractivity contribution in [1.82, 2.24) is 5.32 Å². The largest absolute Gasteiger partial charge is 0.481 e. The van der Waals surface area contributed by atoms with E-state index in [4.69, 9.17) is 15.9 Å². The highest BCUT2D eigenvalue weighted by Crippen LogP contribution is 2.06. The number of unbranched alkanes of at least 4 members (excludes halogenated alkanes) is 4. The topological polar surface area (TPSA) is 130 Å². The van der Waals surface area contributed by atoms with Crippen LogP contribution in [0.5, 0.6) is 0 Å². The highest BCUT2D eigenvalue weighted by atomic mass is 16.4. The third-order valence-corrected chi connectivity index (χ3v) is 3.12. The minimum absolute atomic E-state index is 0.147. The van der Waals surface area contributed by atoms with Crippen molar-refractivity contribution in [3.05, 3.63) is 0 Å². The quantitative estimate of drug-likeness (QED) is 0.377. The van der Waals surface area contributed by atoms with Crippen molar-refractivity contribution in [2.24, 2.45) is 5.73 Å². The van der Waals surface area contributed by atoms with Gasteiger partial charge in [0.2, 0.25) is 5.91 Å². The number of carboxylic acids is 2. The highest BCUT2D eigenvalue weighted by molar-refractivity contribution is 5.83. The highest BCUT2D eigenvalue weighted by Gasteiger charge is 2.18. The Balaban J connectivity index is 3.77. The van der Waals surface area contributed by atoms with Crippen molar-refractivity contribution >= 4 is 17.8 Å². The number of nitrogens with one attached hydrogen (secondary N) is 1. The molecule has 1 atom stereocenters. The smallest absolute Gasteiger partial charge is 0.326 e.